The Balaban J connectivity index is 1.73. The zero-order valence-electron chi connectivity index (χ0n) is 10.9. The van der Waals surface area contributed by atoms with Crippen LogP contribution in [-0.2, 0) is 11.2 Å². The Kier molecular flexibility index (Phi) is 3.63. The van der Waals surface area contributed by atoms with Gasteiger partial charge in [-0.2, -0.15) is 0 Å². The van der Waals surface area contributed by atoms with Gasteiger partial charge in [-0.25, -0.2) is 0 Å². The lowest BCUT2D eigenvalue weighted by molar-refractivity contribution is -0.131. The Hall–Kier alpha value is -0.870. The molecule has 2 aliphatic rings. The highest BCUT2D eigenvalue weighted by Crippen LogP contribution is 2.36. The molecule has 0 radical (unpaired) electrons. The molecule has 2 saturated heterocycles. The van der Waals surface area contributed by atoms with Gasteiger partial charge in [0.2, 0.25) is 5.91 Å². The summed E-state index contributed by atoms with van der Waals surface area (Å²) in [6.45, 7) is 2.85. The SMILES string of the molecule is O=C1N([C@@H]2CCNC2)CC[C@]1(Br)Cc1ccccc1. The van der Waals surface area contributed by atoms with E-state index >= 15 is 0 Å². The third-order valence-electron chi connectivity index (χ3n) is 4.20. The quantitative estimate of drug-likeness (QED) is 0.863. The zero-order chi connectivity index (χ0) is 13.3. The molecule has 19 heavy (non-hydrogen) atoms. The van der Waals surface area contributed by atoms with Crippen LogP contribution in [0, 0.1) is 0 Å². The summed E-state index contributed by atoms with van der Waals surface area (Å²) in [5.74, 6) is 0.269. The van der Waals surface area contributed by atoms with E-state index in [2.05, 4.69) is 38.3 Å². The molecule has 0 spiro atoms. The fraction of sp³-hybridized carbons (Fsp3) is 0.533. The number of carbonyl (C=O) groups is 1. The third kappa shape index (κ3) is 2.56. The summed E-state index contributed by atoms with van der Waals surface area (Å²) in [5, 5.41) is 3.34. The maximum Gasteiger partial charge on any atom is 0.240 e. The number of amides is 1. The summed E-state index contributed by atoms with van der Waals surface area (Å²) in [6, 6.07) is 10.7. The van der Waals surface area contributed by atoms with Gasteiger partial charge in [-0.3, -0.25) is 4.79 Å². The van der Waals surface area contributed by atoms with Gasteiger partial charge in [0.15, 0.2) is 0 Å². The molecule has 0 unspecified atom stereocenters. The standard InChI is InChI=1S/C15H19BrN2O/c16-15(10-12-4-2-1-3-5-12)7-9-18(14(15)19)13-6-8-17-11-13/h1-5,13,17H,6-11H2/t13-,15+/m1/s1. The van der Waals surface area contributed by atoms with Gasteiger partial charge >= 0.3 is 0 Å². The molecule has 0 aliphatic carbocycles. The van der Waals surface area contributed by atoms with Crippen LogP contribution in [0.15, 0.2) is 30.3 Å². The van der Waals surface area contributed by atoms with Crippen LogP contribution in [0.25, 0.3) is 0 Å². The topological polar surface area (TPSA) is 32.3 Å². The fourth-order valence-corrected chi connectivity index (χ4v) is 3.83. The highest BCUT2D eigenvalue weighted by atomic mass is 79.9. The highest BCUT2D eigenvalue weighted by molar-refractivity contribution is 9.10. The molecule has 1 amide bonds. The lowest BCUT2D eigenvalue weighted by Crippen LogP contribution is -2.43. The molecule has 1 aromatic rings. The number of halogens is 1. The first-order valence-electron chi connectivity index (χ1n) is 6.94. The Morgan fingerprint density at radius 2 is 2.16 bits per heavy atom. The second-order valence-corrected chi connectivity index (χ2v) is 7.04. The molecule has 0 aromatic heterocycles. The molecule has 0 saturated carbocycles. The number of alkyl halides is 1. The lowest BCUT2D eigenvalue weighted by atomic mass is 9.98. The van der Waals surface area contributed by atoms with Gasteiger partial charge < -0.3 is 10.2 Å². The van der Waals surface area contributed by atoms with E-state index in [0.29, 0.717) is 6.04 Å². The third-order valence-corrected chi connectivity index (χ3v) is 5.21. The van der Waals surface area contributed by atoms with E-state index in [0.717, 1.165) is 38.9 Å². The van der Waals surface area contributed by atoms with Crippen LogP contribution >= 0.6 is 15.9 Å². The minimum atomic E-state index is -0.392. The van der Waals surface area contributed by atoms with E-state index in [-0.39, 0.29) is 5.91 Å². The summed E-state index contributed by atoms with van der Waals surface area (Å²) in [6.07, 6.45) is 2.76. The summed E-state index contributed by atoms with van der Waals surface area (Å²) in [7, 11) is 0. The van der Waals surface area contributed by atoms with Crippen molar-refractivity contribution in [1.29, 1.82) is 0 Å². The molecule has 2 aliphatic heterocycles. The summed E-state index contributed by atoms with van der Waals surface area (Å²) < 4.78 is -0.392. The molecular formula is C15H19BrN2O. The Bertz CT molecular complexity index is 458. The molecule has 2 heterocycles. The Morgan fingerprint density at radius 1 is 1.37 bits per heavy atom. The monoisotopic (exact) mass is 322 g/mol. The van der Waals surface area contributed by atoms with Gasteiger partial charge in [0, 0.05) is 19.1 Å². The number of nitrogens with one attached hydrogen (secondary N) is 1. The molecule has 3 rings (SSSR count). The predicted molar refractivity (Wildman–Crippen MR) is 79.4 cm³/mol. The van der Waals surface area contributed by atoms with Crippen LogP contribution in [0.4, 0.5) is 0 Å². The van der Waals surface area contributed by atoms with Gasteiger partial charge in [0.1, 0.15) is 4.32 Å². The van der Waals surface area contributed by atoms with Crippen molar-refractivity contribution in [2.45, 2.75) is 29.6 Å². The molecule has 1 aromatic carbocycles. The molecule has 2 fully saturated rings. The van der Waals surface area contributed by atoms with Crippen LogP contribution in [0.1, 0.15) is 18.4 Å². The maximum absolute atomic E-state index is 12.7. The number of nitrogens with zero attached hydrogens (tertiary/aromatic N) is 1. The van der Waals surface area contributed by atoms with Crippen molar-refractivity contribution in [3.8, 4) is 0 Å². The van der Waals surface area contributed by atoms with Gasteiger partial charge in [-0.05, 0) is 31.4 Å². The number of benzene rings is 1. The summed E-state index contributed by atoms with van der Waals surface area (Å²) in [5.41, 5.74) is 1.22. The number of hydrogen-bond donors (Lipinski definition) is 1. The first-order valence-corrected chi connectivity index (χ1v) is 7.73. The Morgan fingerprint density at radius 3 is 2.84 bits per heavy atom. The van der Waals surface area contributed by atoms with Crippen LogP contribution in [0.5, 0.6) is 0 Å². The van der Waals surface area contributed by atoms with Crippen molar-refractivity contribution in [1.82, 2.24) is 10.2 Å². The first-order chi connectivity index (χ1) is 9.19. The average Bonchev–Trinajstić information content (AvgIpc) is 3.02. The van der Waals surface area contributed by atoms with E-state index < -0.39 is 4.32 Å². The number of likely N-dealkylation sites (tertiary alicyclic amines) is 1. The second kappa shape index (κ2) is 5.25. The van der Waals surface area contributed by atoms with E-state index in [9.17, 15) is 4.79 Å². The number of carbonyl (C=O) groups excluding carboxylic acids is 1. The molecule has 3 nitrogen and oxygen atoms in total. The number of rotatable bonds is 3. The minimum absolute atomic E-state index is 0.269. The van der Waals surface area contributed by atoms with Crippen molar-refractivity contribution in [3.63, 3.8) is 0 Å². The average molecular weight is 323 g/mol. The predicted octanol–water partition coefficient (Wildman–Crippen LogP) is 1.96. The van der Waals surface area contributed by atoms with Gasteiger partial charge in [0.25, 0.3) is 0 Å². The Labute approximate surface area is 122 Å². The highest BCUT2D eigenvalue weighted by Gasteiger charge is 2.46. The maximum atomic E-state index is 12.7. The molecule has 0 bridgehead atoms. The summed E-state index contributed by atoms with van der Waals surface area (Å²) in [4.78, 5) is 14.7. The van der Waals surface area contributed by atoms with Crippen LogP contribution < -0.4 is 5.32 Å². The largest absolute Gasteiger partial charge is 0.337 e. The molecule has 1 N–H and O–H groups in total. The minimum Gasteiger partial charge on any atom is -0.337 e. The van der Waals surface area contributed by atoms with E-state index in [1.165, 1.54) is 5.56 Å². The smallest absolute Gasteiger partial charge is 0.240 e. The van der Waals surface area contributed by atoms with Crippen LogP contribution in [-0.4, -0.2) is 40.8 Å². The normalized spacial score (nSPS) is 31.1. The van der Waals surface area contributed by atoms with Crippen LogP contribution in [0.3, 0.4) is 0 Å². The van der Waals surface area contributed by atoms with Crippen molar-refractivity contribution in [3.05, 3.63) is 35.9 Å². The molecule has 102 valence electrons. The molecular weight excluding hydrogens is 304 g/mol. The van der Waals surface area contributed by atoms with E-state index in [1.54, 1.807) is 0 Å². The zero-order valence-corrected chi connectivity index (χ0v) is 12.5. The van der Waals surface area contributed by atoms with Crippen molar-refractivity contribution in [2.24, 2.45) is 0 Å². The summed E-state index contributed by atoms with van der Waals surface area (Å²) >= 11 is 3.72. The fourth-order valence-electron chi connectivity index (χ4n) is 3.10. The van der Waals surface area contributed by atoms with Gasteiger partial charge in [0.05, 0.1) is 0 Å². The molecule has 4 heteroatoms. The first kappa shape index (κ1) is 13.1. The van der Waals surface area contributed by atoms with Crippen molar-refractivity contribution < 1.29 is 4.79 Å². The molecule has 2 atom stereocenters. The van der Waals surface area contributed by atoms with E-state index in [1.807, 2.05) is 18.2 Å². The van der Waals surface area contributed by atoms with E-state index in [4.69, 9.17) is 0 Å². The van der Waals surface area contributed by atoms with Crippen molar-refractivity contribution >= 4 is 21.8 Å². The van der Waals surface area contributed by atoms with Crippen molar-refractivity contribution in [2.75, 3.05) is 19.6 Å². The lowest BCUT2D eigenvalue weighted by Gasteiger charge is -2.26. The van der Waals surface area contributed by atoms with Gasteiger partial charge in [-0.1, -0.05) is 46.3 Å². The van der Waals surface area contributed by atoms with Crippen LogP contribution in [0.2, 0.25) is 0 Å². The second-order valence-electron chi connectivity index (χ2n) is 5.52. The van der Waals surface area contributed by atoms with Gasteiger partial charge in [-0.15, -0.1) is 0 Å². The number of hydrogen-bond acceptors (Lipinski definition) is 2.